The van der Waals surface area contributed by atoms with Crippen molar-refractivity contribution in [3.8, 4) is 11.4 Å². The summed E-state index contributed by atoms with van der Waals surface area (Å²) in [6.07, 6.45) is 3.58. The molecule has 104 valence electrons. The summed E-state index contributed by atoms with van der Waals surface area (Å²) >= 11 is 0. The fraction of sp³-hybridized carbons (Fsp3) is 0.357. The van der Waals surface area contributed by atoms with Gasteiger partial charge in [-0.15, -0.1) is 0 Å². The fourth-order valence-corrected chi connectivity index (χ4v) is 2.32. The summed E-state index contributed by atoms with van der Waals surface area (Å²) in [4.78, 5) is 16.0. The smallest absolute Gasteiger partial charge is 0.251 e. The van der Waals surface area contributed by atoms with Crippen LogP contribution >= 0.6 is 0 Å². The molecule has 6 heteroatoms. The molecule has 1 saturated heterocycles. The minimum absolute atomic E-state index is 0.0571. The van der Waals surface area contributed by atoms with E-state index in [9.17, 15) is 4.79 Å². The lowest BCUT2D eigenvalue weighted by Crippen LogP contribution is -2.37. The van der Waals surface area contributed by atoms with Crippen molar-refractivity contribution in [2.45, 2.75) is 18.9 Å². The molecule has 0 bridgehead atoms. The van der Waals surface area contributed by atoms with Crippen molar-refractivity contribution in [3.63, 3.8) is 0 Å². The zero-order valence-electron chi connectivity index (χ0n) is 11.0. The van der Waals surface area contributed by atoms with Gasteiger partial charge in [0.25, 0.3) is 5.91 Å². The van der Waals surface area contributed by atoms with Crippen LogP contribution in [-0.4, -0.2) is 35.2 Å². The molecule has 20 heavy (non-hydrogen) atoms. The van der Waals surface area contributed by atoms with Gasteiger partial charge in [-0.25, -0.2) is 0 Å². The third-order valence-corrected chi connectivity index (χ3v) is 3.44. The largest absolute Gasteiger partial charge is 0.350 e. The van der Waals surface area contributed by atoms with E-state index in [0.717, 1.165) is 18.5 Å². The Bertz CT molecular complexity index is 559. The Morgan fingerprint density at radius 1 is 1.40 bits per heavy atom. The molecule has 1 atom stereocenters. The van der Waals surface area contributed by atoms with E-state index in [-0.39, 0.29) is 5.91 Å². The summed E-state index contributed by atoms with van der Waals surface area (Å²) in [6, 6.07) is 7.56. The van der Waals surface area contributed by atoms with Crippen LogP contribution in [0.1, 0.15) is 23.2 Å². The van der Waals surface area contributed by atoms with Crippen LogP contribution in [-0.2, 0) is 0 Å². The fourth-order valence-electron chi connectivity index (χ4n) is 2.32. The Morgan fingerprint density at radius 2 is 2.25 bits per heavy atom. The second-order valence-corrected chi connectivity index (χ2v) is 4.84. The highest BCUT2D eigenvalue weighted by molar-refractivity contribution is 5.94. The molecule has 3 rings (SSSR count). The number of benzene rings is 1. The van der Waals surface area contributed by atoms with E-state index in [4.69, 9.17) is 4.52 Å². The summed E-state index contributed by atoms with van der Waals surface area (Å²) in [5, 5.41) is 10.0. The lowest BCUT2D eigenvalue weighted by atomic mass is 10.1. The summed E-state index contributed by atoms with van der Waals surface area (Å²) < 4.78 is 4.69. The first-order valence-corrected chi connectivity index (χ1v) is 6.71. The first-order valence-electron chi connectivity index (χ1n) is 6.71. The first-order chi connectivity index (χ1) is 9.83. The van der Waals surface area contributed by atoms with Gasteiger partial charge in [0.15, 0.2) is 0 Å². The molecule has 6 nitrogen and oxygen atoms in total. The molecule has 1 aliphatic heterocycles. The van der Waals surface area contributed by atoms with Crippen LogP contribution in [0.15, 0.2) is 35.2 Å². The third kappa shape index (κ3) is 2.85. The number of nitrogens with zero attached hydrogens (tertiary/aromatic N) is 2. The van der Waals surface area contributed by atoms with E-state index in [2.05, 4.69) is 20.8 Å². The summed E-state index contributed by atoms with van der Waals surface area (Å²) in [5.74, 6) is 0.463. The molecule has 2 aromatic rings. The predicted molar refractivity (Wildman–Crippen MR) is 73.1 cm³/mol. The quantitative estimate of drug-likeness (QED) is 0.874. The van der Waals surface area contributed by atoms with Crippen LogP contribution in [0, 0.1) is 0 Å². The predicted octanol–water partition coefficient (Wildman–Crippen LogP) is 1.22. The van der Waals surface area contributed by atoms with E-state index in [1.54, 1.807) is 12.1 Å². The molecule has 0 aliphatic carbocycles. The van der Waals surface area contributed by atoms with Crippen molar-refractivity contribution in [1.29, 1.82) is 0 Å². The zero-order valence-corrected chi connectivity index (χ0v) is 11.0. The highest BCUT2D eigenvalue weighted by Crippen LogP contribution is 2.15. The van der Waals surface area contributed by atoms with Gasteiger partial charge in [0.2, 0.25) is 12.2 Å². The highest BCUT2D eigenvalue weighted by atomic mass is 16.5. The molecule has 1 amide bonds. The van der Waals surface area contributed by atoms with Crippen LogP contribution in [0.3, 0.4) is 0 Å². The molecule has 1 unspecified atom stereocenters. The number of carbonyl (C=O) groups excluding carboxylic acids is 1. The van der Waals surface area contributed by atoms with Crippen LogP contribution in [0.5, 0.6) is 0 Å². The molecule has 1 aromatic heterocycles. The normalized spacial score (nSPS) is 18.1. The van der Waals surface area contributed by atoms with Gasteiger partial charge in [0.1, 0.15) is 0 Å². The van der Waals surface area contributed by atoms with E-state index >= 15 is 0 Å². The van der Waals surface area contributed by atoms with Gasteiger partial charge in [-0.05, 0) is 31.5 Å². The van der Waals surface area contributed by atoms with Gasteiger partial charge in [-0.1, -0.05) is 17.3 Å². The Hall–Kier alpha value is -2.21. The Kier molecular flexibility index (Phi) is 3.73. The van der Waals surface area contributed by atoms with E-state index in [1.807, 2.05) is 12.1 Å². The van der Waals surface area contributed by atoms with Crippen molar-refractivity contribution >= 4 is 5.91 Å². The maximum atomic E-state index is 12.0. The maximum Gasteiger partial charge on any atom is 0.251 e. The molecular formula is C14H16N4O2. The standard InChI is InChI=1S/C14H16N4O2/c19-14(16-8-12-2-1-7-15-12)11-5-3-10(4-6-11)13-17-9-20-18-13/h3-6,9,12,15H,1-2,7-8H2,(H,16,19). The lowest BCUT2D eigenvalue weighted by Gasteiger charge is -2.11. The van der Waals surface area contributed by atoms with Crippen molar-refractivity contribution in [1.82, 2.24) is 20.8 Å². The molecule has 1 fully saturated rings. The molecule has 0 radical (unpaired) electrons. The van der Waals surface area contributed by atoms with Crippen molar-refractivity contribution in [2.75, 3.05) is 13.1 Å². The minimum Gasteiger partial charge on any atom is -0.350 e. The number of carbonyl (C=O) groups is 1. The van der Waals surface area contributed by atoms with Gasteiger partial charge < -0.3 is 15.2 Å². The van der Waals surface area contributed by atoms with Gasteiger partial charge in [0, 0.05) is 23.7 Å². The molecule has 0 spiro atoms. The van der Waals surface area contributed by atoms with Crippen LogP contribution in [0.25, 0.3) is 11.4 Å². The van der Waals surface area contributed by atoms with Crippen LogP contribution in [0.4, 0.5) is 0 Å². The molecule has 2 N–H and O–H groups in total. The van der Waals surface area contributed by atoms with Crippen molar-refractivity contribution in [2.24, 2.45) is 0 Å². The van der Waals surface area contributed by atoms with Gasteiger partial charge >= 0.3 is 0 Å². The average molecular weight is 272 g/mol. The lowest BCUT2D eigenvalue weighted by molar-refractivity contribution is 0.0950. The van der Waals surface area contributed by atoms with Gasteiger partial charge in [-0.3, -0.25) is 4.79 Å². The third-order valence-electron chi connectivity index (χ3n) is 3.44. The summed E-state index contributed by atoms with van der Waals surface area (Å²) in [6.45, 7) is 1.71. The zero-order chi connectivity index (χ0) is 13.8. The number of hydrogen-bond acceptors (Lipinski definition) is 5. The van der Waals surface area contributed by atoms with Crippen LogP contribution in [0.2, 0.25) is 0 Å². The summed E-state index contributed by atoms with van der Waals surface area (Å²) in [5.41, 5.74) is 1.46. The Balaban J connectivity index is 1.60. The van der Waals surface area contributed by atoms with Crippen LogP contribution < -0.4 is 10.6 Å². The number of hydrogen-bond donors (Lipinski definition) is 2. The SMILES string of the molecule is O=C(NCC1CCCN1)c1ccc(-c2ncon2)cc1. The second-order valence-electron chi connectivity index (χ2n) is 4.84. The molecule has 1 aromatic carbocycles. The number of amides is 1. The molecule has 0 saturated carbocycles. The van der Waals surface area contributed by atoms with E-state index in [0.29, 0.717) is 24.0 Å². The van der Waals surface area contributed by atoms with Gasteiger partial charge in [0.05, 0.1) is 0 Å². The van der Waals surface area contributed by atoms with Crippen molar-refractivity contribution in [3.05, 3.63) is 36.2 Å². The molecule has 2 heterocycles. The van der Waals surface area contributed by atoms with Crippen molar-refractivity contribution < 1.29 is 9.32 Å². The van der Waals surface area contributed by atoms with E-state index in [1.165, 1.54) is 12.8 Å². The highest BCUT2D eigenvalue weighted by Gasteiger charge is 2.15. The topological polar surface area (TPSA) is 80.0 Å². The molecular weight excluding hydrogens is 256 g/mol. The second kappa shape index (κ2) is 5.83. The Labute approximate surface area is 116 Å². The summed E-state index contributed by atoms with van der Waals surface area (Å²) in [7, 11) is 0. The minimum atomic E-state index is -0.0571. The number of nitrogens with one attached hydrogen (secondary N) is 2. The maximum absolute atomic E-state index is 12.0. The Morgan fingerprint density at radius 3 is 2.90 bits per heavy atom. The molecule has 1 aliphatic rings. The monoisotopic (exact) mass is 272 g/mol. The number of aromatic nitrogens is 2. The van der Waals surface area contributed by atoms with E-state index < -0.39 is 0 Å². The average Bonchev–Trinajstić information content (AvgIpc) is 3.18. The number of rotatable bonds is 4. The first kappa shape index (κ1) is 12.8. The van der Waals surface area contributed by atoms with Gasteiger partial charge in [-0.2, -0.15) is 4.98 Å².